The monoisotopic (exact) mass is 337 g/mol. The van der Waals surface area contributed by atoms with Crippen LogP contribution in [0.2, 0.25) is 0 Å². The van der Waals surface area contributed by atoms with E-state index < -0.39 is 0 Å². The van der Waals surface area contributed by atoms with Crippen LogP contribution in [0, 0.1) is 5.92 Å². The first kappa shape index (κ1) is 15.9. The Morgan fingerprint density at radius 1 is 1.28 bits per heavy atom. The Morgan fingerprint density at radius 3 is 3.00 bits per heavy atom. The molecule has 2 aliphatic carbocycles. The number of hydrogen-bond acceptors (Lipinski definition) is 2. The van der Waals surface area contributed by atoms with Gasteiger partial charge in [0.05, 0.1) is 0 Å². The van der Waals surface area contributed by atoms with E-state index in [9.17, 15) is 9.59 Å². The van der Waals surface area contributed by atoms with E-state index >= 15 is 0 Å². The third kappa shape index (κ3) is 2.84. The van der Waals surface area contributed by atoms with Crippen molar-refractivity contribution in [3.8, 4) is 0 Å². The van der Waals surface area contributed by atoms with E-state index in [-0.39, 0.29) is 17.0 Å². The zero-order valence-corrected chi connectivity index (χ0v) is 14.4. The van der Waals surface area contributed by atoms with E-state index in [1.165, 1.54) is 28.5 Å². The Morgan fingerprint density at radius 2 is 2.12 bits per heavy atom. The van der Waals surface area contributed by atoms with E-state index in [4.69, 9.17) is 0 Å². The lowest BCUT2D eigenvalue weighted by molar-refractivity contribution is 0.251. The van der Waals surface area contributed by atoms with Gasteiger partial charge >= 0.3 is 6.03 Å². The molecule has 1 aromatic carbocycles. The average molecular weight is 337 g/mol. The van der Waals surface area contributed by atoms with Gasteiger partial charge in [-0.1, -0.05) is 24.3 Å². The van der Waals surface area contributed by atoms with Crippen LogP contribution in [0.5, 0.6) is 0 Å². The van der Waals surface area contributed by atoms with Crippen LogP contribution in [0.15, 0.2) is 47.4 Å². The number of nitrogens with zero attached hydrogens (tertiary/aromatic N) is 1. The molecule has 2 amide bonds. The number of anilines is 1. The van der Waals surface area contributed by atoms with E-state index in [0.717, 1.165) is 12.8 Å². The highest BCUT2D eigenvalue weighted by Crippen LogP contribution is 2.59. The molecular weight excluding hydrogens is 314 g/mol. The van der Waals surface area contributed by atoms with Crippen molar-refractivity contribution in [3.63, 3.8) is 0 Å². The lowest BCUT2D eigenvalue weighted by atomic mass is 9.78. The predicted octanol–water partition coefficient (Wildman–Crippen LogP) is 2.80. The number of hydrogen-bond donors (Lipinski definition) is 2. The van der Waals surface area contributed by atoms with Crippen LogP contribution >= 0.6 is 0 Å². The number of rotatable bonds is 3. The van der Waals surface area contributed by atoms with Crippen LogP contribution in [0.25, 0.3) is 0 Å². The molecule has 0 bridgehead atoms. The number of aromatic nitrogens is 1. The maximum Gasteiger partial charge on any atom is 0.319 e. The van der Waals surface area contributed by atoms with Crippen molar-refractivity contribution in [2.45, 2.75) is 31.1 Å². The lowest BCUT2D eigenvalue weighted by Crippen LogP contribution is -2.34. The van der Waals surface area contributed by atoms with Crippen LogP contribution in [0.1, 0.15) is 30.4 Å². The van der Waals surface area contributed by atoms with Crippen LogP contribution in [-0.4, -0.2) is 17.1 Å². The molecule has 2 aromatic rings. The molecular formula is C20H23N3O2. The first-order chi connectivity index (χ1) is 12.1. The molecule has 1 spiro atoms. The zero-order valence-electron chi connectivity index (χ0n) is 14.4. The minimum atomic E-state index is -0.311. The quantitative estimate of drug-likeness (QED) is 0.905. The van der Waals surface area contributed by atoms with Gasteiger partial charge in [0.25, 0.3) is 5.56 Å². The number of fused-ring (bicyclic) bond motifs is 2. The molecule has 2 N–H and O–H groups in total. The summed E-state index contributed by atoms with van der Waals surface area (Å²) in [6, 6.07) is 11.8. The van der Waals surface area contributed by atoms with Gasteiger partial charge in [-0.15, -0.1) is 0 Å². The fraction of sp³-hybridized carbons (Fsp3) is 0.400. The summed E-state index contributed by atoms with van der Waals surface area (Å²) in [6.07, 6.45) is 6.39. The summed E-state index contributed by atoms with van der Waals surface area (Å²) in [5.41, 5.74) is 3.29. The summed E-state index contributed by atoms with van der Waals surface area (Å²) in [7, 11) is 1.67. The number of benzene rings is 1. The minimum absolute atomic E-state index is 0.207. The third-order valence-corrected chi connectivity index (χ3v) is 5.74. The summed E-state index contributed by atoms with van der Waals surface area (Å²) in [6.45, 7) is 0.646. The molecule has 0 radical (unpaired) electrons. The van der Waals surface area contributed by atoms with Crippen molar-refractivity contribution in [3.05, 3.63) is 64.1 Å². The van der Waals surface area contributed by atoms with Gasteiger partial charge in [0.2, 0.25) is 0 Å². The molecule has 130 valence electrons. The number of urea groups is 1. The molecule has 0 aliphatic heterocycles. The third-order valence-electron chi connectivity index (χ3n) is 5.74. The topological polar surface area (TPSA) is 63.1 Å². The molecule has 25 heavy (non-hydrogen) atoms. The second kappa shape index (κ2) is 6.06. The molecule has 0 saturated heterocycles. The molecule has 5 heteroatoms. The van der Waals surface area contributed by atoms with Crippen molar-refractivity contribution in [2.75, 3.05) is 11.9 Å². The molecule has 5 nitrogen and oxygen atoms in total. The second-order valence-electron chi connectivity index (χ2n) is 7.24. The van der Waals surface area contributed by atoms with Crippen LogP contribution in [0.4, 0.5) is 10.5 Å². The van der Waals surface area contributed by atoms with Gasteiger partial charge in [0, 0.05) is 25.2 Å². The highest BCUT2D eigenvalue weighted by Gasteiger charge is 2.56. The summed E-state index contributed by atoms with van der Waals surface area (Å²) in [5.74, 6) is 0.485. The molecule has 0 unspecified atom stereocenters. The van der Waals surface area contributed by atoms with Gasteiger partial charge in [-0.25, -0.2) is 4.79 Å². The molecule has 1 fully saturated rings. The highest BCUT2D eigenvalue weighted by molar-refractivity contribution is 5.89. The number of amides is 2. The zero-order chi connectivity index (χ0) is 17.4. The number of nitrogens with one attached hydrogen (secondary N) is 2. The Hall–Kier alpha value is -2.56. The average Bonchev–Trinajstić information content (AvgIpc) is 3.31. The van der Waals surface area contributed by atoms with Crippen molar-refractivity contribution < 1.29 is 4.79 Å². The van der Waals surface area contributed by atoms with E-state index in [1.54, 1.807) is 25.4 Å². The maximum absolute atomic E-state index is 12.2. The van der Waals surface area contributed by atoms with E-state index in [1.807, 2.05) is 0 Å². The second-order valence-corrected chi connectivity index (χ2v) is 7.24. The first-order valence-electron chi connectivity index (χ1n) is 8.89. The van der Waals surface area contributed by atoms with Crippen molar-refractivity contribution in [1.29, 1.82) is 0 Å². The summed E-state index contributed by atoms with van der Waals surface area (Å²) in [4.78, 5) is 24.1. The fourth-order valence-corrected chi connectivity index (χ4v) is 4.31. The summed E-state index contributed by atoms with van der Waals surface area (Å²) in [5, 5.41) is 5.61. The molecule has 1 saturated carbocycles. The Kier molecular flexibility index (Phi) is 3.86. The molecule has 1 aromatic heterocycles. The van der Waals surface area contributed by atoms with Crippen molar-refractivity contribution in [1.82, 2.24) is 9.88 Å². The first-order valence-corrected chi connectivity index (χ1v) is 8.89. The van der Waals surface area contributed by atoms with Crippen molar-refractivity contribution in [2.24, 2.45) is 13.0 Å². The maximum atomic E-state index is 12.2. The predicted molar refractivity (Wildman–Crippen MR) is 97.9 cm³/mol. The van der Waals surface area contributed by atoms with Crippen LogP contribution in [-0.2, 0) is 18.9 Å². The normalized spacial score (nSPS) is 23.8. The highest BCUT2D eigenvalue weighted by atomic mass is 16.2. The van der Waals surface area contributed by atoms with E-state index in [2.05, 4.69) is 34.9 Å². The lowest BCUT2D eigenvalue weighted by Gasteiger charge is -2.26. The fourth-order valence-electron chi connectivity index (χ4n) is 4.31. The van der Waals surface area contributed by atoms with Crippen LogP contribution in [0.3, 0.4) is 0 Å². The number of pyridine rings is 1. The standard InChI is InChI=1S/C20H23N3O2/c1-23-11-5-9-17(18(23)24)22-19(25)21-13-15-12-20(15)10-4-7-14-6-2-3-8-16(14)20/h2-3,5-6,8-9,11,15H,4,7,10,12-13H2,1H3,(H2,21,22,25)/t15-,20-/m0/s1. The largest absolute Gasteiger partial charge is 0.338 e. The van der Waals surface area contributed by atoms with Gasteiger partial charge in [-0.05, 0) is 54.9 Å². The summed E-state index contributed by atoms with van der Waals surface area (Å²) >= 11 is 0. The van der Waals surface area contributed by atoms with Gasteiger partial charge < -0.3 is 15.2 Å². The van der Waals surface area contributed by atoms with Gasteiger partial charge in [-0.3, -0.25) is 4.79 Å². The number of carbonyl (C=O) groups is 1. The van der Waals surface area contributed by atoms with Crippen LogP contribution < -0.4 is 16.2 Å². The van der Waals surface area contributed by atoms with Crippen molar-refractivity contribution >= 4 is 11.7 Å². The van der Waals surface area contributed by atoms with Gasteiger partial charge in [-0.2, -0.15) is 0 Å². The number of carbonyl (C=O) groups excluding carboxylic acids is 1. The Labute approximate surface area is 147 Å². The molecule has 2 aliphatic rings. The summed E-state index contributed by atoms with van der Waals surface area (Å²) < 4.78 is 1.45. The molecule has 2 atom stereocenters. The SMILES string of the molecule is Cn1cccc(NC(=O)NC[C@@H]2C[C@@]23CCCc2ccccc23)c1=O. The van der Waals surface area contributed by atoms with E-state index in [0.29, 0.717) is 18.2 Å². The Bertz CT molecular complexity index is 873. The minimum Gasteiger partial charge on any atom is -0.338 e. The van der Waals surface area contributed by atoms with Gasteiger partial charge in [0.15, 0.2) is 0 Å². The van der Waals surface area contributed by atoms with Gasteiger partial charge in [0.1, 0.15) is 5.69 Å². The smallest absolute Gasteiger partial charge is 0.319 e. The molecule has 4 rings (SSSR count). The molecule has 1 heterocycles. The Balaban J connectivity index is 1.38. The number of aryl methyl sites for hydroxylation is 2.